The van der Waals surface area contributed by atoms with Gasteiger partial charge in [0.25, 0.3) is 0 Å². The second kappa shape index (κ2) is 6.83. The van der Waals surface area contributed by atoms with Crippen LogP contribution in [0.1, 0.15) is 11.1 Å². The minimum atomic E-state index is -0.00393. The van der Waals surface area contributed by atoms with Gasteiger partial charge in [0.05, 0.1) is 6.42 Å². The van der Waals surface area contributed by atoms with Crippen molar-refractivity contribution >= 4 is 34.8 Å². The summed E-state index contributed by atoms with van der Waals surface area (Å²) in [4.78, 5) is 13.9. The zero-order valence-corrected chi connectivity index (χ0v) is 13.2. The third-order valence-electron chi connectivity index (χ3n) is 3.15. The Kier molecular flexibility index (Phi) is 5.10. The molecule has 1 amide bonds. The fraction of sp³-hybridized carbons (Fsp3) is 0.188. The normalized spacial score (nSPS) is 10.4. The van der Waals surface area contributed by atoms with Crippen molar-refractivity contribution in [2.24, 2.45) is 0 Å². The molecule has 0 saturated heterocycles. The Balaban J connectivity index is 2.04. The Morgan fingerprint density at radius 1 is 1.19 bits per heavy atom. The lowest BCUT2D eigenvalue weighted by Gasteiger charge is -2.18. The van der Waals surface area contributed by atoms with E-state index in [0.717, 1.165) is 11.1 Å². The zero-order chi connectivity index (χ0) is 15.4. The summed E-state index contributed by atoms with van der Waals surface area (Å²) in [5.74, 6) is -0.00393. The third-order valence-corrected chi connectivity index (χ3v) is 3.75. The Hall–Kier alpha value is -1.71. The second-order valence-electron chi connectivity index (χ2n) is 4.91. The van der Waals surface area contributed by atoms with E-state index in [1.165, 1.54) is 0 Å². The van der Waals surface area contributed by atoms with Crippen LogP contribution in [-0.4, -0.2) is 17.9 Å². The molecule has 0 aliphatic heterocycles. The summed E-state index contributed by atoms with van der Waals surface area (Å²) in [7, 11) is 1.74. The van der Waals surface area contributed by atoms with Crippen LogP contribution in [0.2, 0.25) is 10.0 Å². The summed E-state index contributed by atoms with van der Waals surface area (Å²) in [5, 5.41) is 1.23. The van der Waals surface area contributed by atoms with E-state index >= 15 is 0 Å². The lowest BCUT2D eigenvalue weighted by Crippen LogP contribution is -2.27. The number of nitrogen functional groups attached to an aromatic ring is 1. The van der Waals surface area contributed by atoms with Gasteiger partial charge in [0.15, 0.2) is 0 Å². The van der Waals surface area contributed by atoms with Crippen LogP contribution < -0.4 is 5.73 Å². The molecule has 5 heteroatoms. The van der Waals surface area contributed by atoms with E-state index in [9.17, 15) is 4.79 Å². The third kappa shape index (κ3) is 4.38. The molecule has 2 aromatic carbocycles. The molecule has 0 bridgehead atoms. The van der Waals surface area contributed by atoms with Crippen LogP contribution in [0.5, 0.6) is 0 Å². The summed E-state index contributed by atoms with van der Waals surface area (Å²) >= 11 is 12.0. The van der Waals surface area contributed by atoms with Crippen molar-refractivity contribution in [3.8, 4) is 0 Å². The van der Waals surface area contributed by atoms with Crippen molar-refractivity contribution in [1.82, 2.24) is 4.90 Å². The number of anilines is 1. The molecule has 110 valence electrons. The van der Waals surface area contributed by atoms with Gasteiger partial charge in [-0.2, -0.15) is 0 Å². The van der Waals surface area contributed by atoms with Crippen LogP contribution in [0.4, 0.5) is 5.69 Å². The fourth-order valence-electron chi connectivity index (χ4n) is 2.02. The summed E-state index contributed by atoms with van der Waals surface area (Å²) in [5.41, 5.74) is 8.09. The second-order valence-corrected chi connectivity index (χ2v) is 5.75. The van der Waals surface area contributed by atoms with Crippen LogP contribution in [-0.2, 0) is 17.8 Å². The largest absolute Gasteiger partial charge is 0.399 e. The van der Waals surface area contributed by atoms with Crippen molar-refractivity contribution in [1.29, 1.82) is 0 Å². The number of nitrogens with zero attached hydrogens (tertiary/aromatic N) is 1. The molecule has 0 aliphatic carbocycles. The van der Waals surface area contributed by atoms with Crippen molar-refractivity contribution < 1.29 is 4.79 Å². The highest BCUT2D eigenvalue weighted by atomic mass is 35.5. The predicted octanol–water partition coefficient (Wildman–Crippen LogP) is 3.78. The van der Waals surface area contributed by atoms with Gasteiger partial charge in [0, 0.05) is 29.3 Å². The predicted molar refractivity (Wildman–Crippen MR) is 87.5 cm³/mol. The molecule has 21 heavy (non-hydrogen) atoms. The number of benzene rings is 2. The monoisotopic (exact) mass is 322 g/mol. The smallest absolute Gasteiger partial charge is 0.227 e. The van der Waals surface area contributed by atoms with E-state index in [4.69, 9.17) is 28.9 Å². The number of halogens is 2. The highest BCUT2D eigenvalue weighted by Crippen LogP contribution is 2.20. The van der Waals surface area contributed by atoms with Gasteiger partial charge in [-0.1, -0.05) is 35.3 Å². The maximum Gasteiger partial charge on any atom is 0.227 e. The molecule has 0 atom stereocenters. The van der Waals surface area contributed by atoms with Crippen molar-refractivity contribution in [3.05, 3.63) is 63.6 Å². The van der Waals surface area contributed by atoms with Crippen molar-refractivity contribution in [2.45, 2.75) is 13.0 Å². The average molecular weight is 323 g/mol. The average Bonchev–Trinajstić information content (AvgIpc) is 2.43. The van der Waals surface area contributed by atoms with Gasteiger partial charge < -0.3 is 10.6 Å². The summed E-state index contributed by atoms with van der Waals surface area (Å²) in [6, 6.07) is 12.5. The summed E-state index contributed by atoms with van der Waals surface area (Å²) in [6.07, 6.45) is 0.303. The fourth-order valence-corrected chi connectivity index (χ4v) is 2.41. The number of nitrogens with two attached hydrogens (primary N) is 1. The van der Waals surface area contributed by atoms with E-state index < -0.39 is 0 Å². The topological polar surface area (TPSA) is 46.3 Å². The maximum atomic E-state index is 12.2. The molecule has 0 aromatic heterocycles. The number of rotatable bonds is 4. The number of carbonyl (C=O) groups excluding carboxylic acids is 1. The highest BCUT2D eigenvalue weighted by molar-refractivity contribution is 6.31. The van der Waals surface area contributed by atoms with Gasteiger partial charge >= 0.3 is 0 Å². The highest BCUT2D eigenvalue weighted by Gasteiger charge is 2.12. The molecule has 0 unspecified atom stereocenters. The molecule has 0 spiro atoms. The standard InChI is InChI=1S/C16H16Cl2N2O/c1-20(10-12-9-14(19)5-6-15(12)18)16(21)8-11-3-2-4-13(17)7-11/h2-7,9H,8,10,19H2,1H3. The van der Waals surface area contributed by atoms with E-state index in [0.29, 0.717) is 28.7 Å². The Morgan fingerprint density at radius 2 is 1.95 bits per heavy atom. The lowest BCUT2D eigenvalue weighted by molar-refractivity contribution is -0.129. The van der Waals surface area contributed by atoms with E-state index in [-0.39, 0.29) is 5.91 Å². The Morgan fingerprint density at radius 3 is 2.67 bits per heavy atom. The SMILES string of the molecule is CN(Cc1cc(N)ccc1Cl)C(=O)Cc1cccc(Cl)c1. The Labute approximate surface area is 134 Å². The summed E-state index contributed by atoms with van der Waals surface area (Å²) < 4.78 is 0. The number of likely N-dealkylation sites (N-methyl/N-ethyl adjacent to an activating group) is 1. The molecular weight excluding hydrogens is 307 g/mol. The van der Waals surface area contributed by atoms with Crippen LogP contribution in [0.3, 0.4) is 0 Å². The van der Waals surface area contributed by atoms with Crippen LogP contribution in [0, 0.1) is 0 Å². The van der Waals surface area contributed by atoms with Crippen LogP contribution in [0.15, 0.2) is 42.5 Å². The van der Waals surface area contributed by atoms with Gasteiger partial charge in [-0.3, -0.25) is 4.79 Å². The van der Waals surface area contributed by atoms with Gasteiger partial charge in [-0.15, -0.1) is 0 Å². The molecule has 2 aromatic rings. The number of hydrogen-bond acceptors (Lipinski definition) is 2. The van der Waals surface area contributed by atoms with Gasteiger partial charge in [-0.05, 0) is 41.5 Å². The number of hydrogen-bond donors (Lipinski definition) is 1. The number of amides is 1. The van der Waals surface area contributed by atoms with Gasteiger partial charge in [0.1, 0.15) is 0 Å². The first-order chi connectivity index (χ1) is 9.95. The molecular formula is C16H16Cl2N2O. The molecule has 3 nitrogen and oxygen atoms in total. The van der Waals surface area contributed by atoms with Crippen molar-refractivity contribution in [3.63, 3.8) is 0 Å². The van der Waals surface area contributed by atoms with E-state index in [2.05, 4.69) is 0 Å². The summed E-state index contributed by atoms with van der Waals surface area (Å²) in [6.45, 7) is 0.420. The number of carbonyl (C=O) groups is 1. The maximum absolute atomic E-state index is 12.2. The first-order valence-corrected chi connectivity index (χ1v) is 7.23. The quantitative estimate of drug-likeness (QED) is 0.871. The van der Waals surface area contributed by atoms with Crippen molar-refractivity contribution in [2.75, 3.05) is 12.8 Å². The van der Waals surface area contributed by atoms with Crippen LogP contribution >= 0.6 is 23.2 Å². The molecule has 0 saturated carbocycles. The molecule has 0 radical (unpaired) electrons. The van der Waals surface area contributed by atoms with Gasteiger partial charge in [-0.25, -0.2) is 0 Å². The molecule has 0 heterocycles. The first-order valence-electron chi connectivity index (χ1n) is 6.48. The van der Waals surface area contributed by atoms with Gasteiger partial charge in [0.2, 0.25) is 5.91 Å². The molecule has 2 rings (SSSR count). The minimum absolute atomic E-state index is 0.00393. The van der Waals surface area contributed by atoms with Crippen LogP contribution in [0.25, 0.3) is 0 Å². The van der Waals surface area contributed by atoms with E-state index in [1.807, 2.05) is 12.1 Å². The zero-order valence-electron chi connectivity index (χ0n) is 11.6. The molecule has 0 aliphatic rings. The molecule has 0 fully saturated rings. The first kappa shape index (κ1) is 15.7. The molecule has 2 N–H and O–H groups in total. The van der Waals surface area contributed by atoms with E-state index in [1.54, 1.807) is 42.3 Å². The Bertz CT molecular complexity index is 658. The minimum Gasteiger partial charge on any atom is -0.399 e. The lowest BCUT2D eigenvalue weighted by atomic mass is 10.1.